The lowest BCUT2D eigenvalue weighted by Crippen LogP contribution is -2.00. The zero-order valence-electron chi connectivity index (χ0n) is 8.27. The molecule has 0 aliphatic carbocycles. The van der Waals surface area contributed by atoms with E-state index in [-0.39, 0.29) is 22.7 Å². The Morgan fingerprint density at radius 2 is 2.25 bits per heavy atom. The maximum atomic E-state index is 12.6. The molecule has 0 radical (unpaired) electrons. The molecule has 2 aromatic rings. The molecule has 0 bridgehead atoms. The highest BCUT2D eigenvalue weighted by Gasteiger charge is 2.21. The number of hydrogen-bond donors (Lipinski definition) is 1. The second-order valence-electron chi connectivity index (χ2n) is 3.13. The number of aromatic carboxylic acids is 1. The first kappa shape index (κ1) is 10.3. The Balaban J connectivity index is 2.56. The van der Waals surface area contributed by atoms with Gasteiger partial charge in [0.15, 0.2) is 0 Å². The molecule has 0 aromatic carbocycles. The Morgan fingerprint density at radius 1 is 1.50 bits per heavy atom. The molecule has 6 heteroatoms. The van der Waals surface area contributed by atoms with E-state index in [1.165, 1.54) is 19.1 Å². The van der Waals surface area contributed by atoms with Crippen LogP contribution in [0.15, 0.2) is 22.9 Å². The lowest BCUT2D eigenvalue weighted by Gasteiger charge is -1.96. The largest absolute Gasteiger partial charge is 0.477 e. The summed E-state index contributed by atoms with van der Waals surface area (Å²) in [4.78, 5) is 14.7. The molecule has 2 rings (SSSR count). The fourth-order valence-electron chi connectivity index (χ4n) is 1.31. The predicted octanol–water partition coefficient (Wildman–Crippen LogP) is 1.88. The monoisotopic (exact) mass is 222 g/mol. The van der Waals surface area contributed by atoms with Crippen LogP contribution >= 0.6 is 0 Å². The summed E-state index contributed by atoms with van der Waals surface area (Å²) < 4.78 is 17.4. The number of rotatable bonds is 2. The van der Waals surface area contributed by atoms with E-state index in [1.807, 2.05) is 0 Å². The molecule has 2 aromatic heterocycles. The summed E-state index contributed by atoms with van der Waals surface area (Å²) in [5, 5.41) is 12.5. The lowest BCUT2D eigenvalue weighted by molar-refractivity contribution is 0.0695. The van der Waals surface area contributed by atoms with E-state index in [1.54, 1.807) is 0 Å². The summed E-state index contributed by atoms with van der Waals surface area (Å²) in [7, 11) is 0. The predicted molar refractivity (Wildman–Crippen MR) is 51.4 cm³/mol. The Hall–Kier alpha value is -2.24. The Bertz CT molecular complexity index is 533. The first-order valence-electron chi connectivity index (χ1n) is 4.41. The van der Waals surface area contributed by atoms with Gasteiger partial charge in [0.25, 0.3) is 0 Å². The molecule has 16 heavy (non-hydrogen) atoms. The quantitative estimate of drug-likeness (QED) is 0.839. The number of hydrogen-bond acceptors (Lipinski definition) is 4. The van der Waals surface area contributed by atoms with Crippen molar-refractivity contribution >= 4 is 5.97 Å². The molecule has 1 N–H and O–H groups in total. The van der Waals surface area contributed by atoms with Crippen LogP contribution in [0.2, 0.25) is 0 Å². The first-order valence-corrected chi connectivity index (χ1v) is 4.41. The maximum absolute atomic E-state index is 12.6. The van der Waals surface area contributed by atoms with Crippen molar-refractivity contribution in [2.24, 2.45) is 0 Å². The smallest absolute Gasteiger partial charge is 0.341 e. The highest BCUT2D eigenvalue weighted by atomic mass is 19.1. The molecule has 0 fully saturated rings. The third-order valence-electron chi connectivity index (χ3n) is 2.05. The van der Waals surface area contributed by atoms with Crippen LogP contribution in [0, 0.1) is 12.7 Å². The van der Waals surface area contributed by atoms with Crippen LogP contribution in [-0.2, 0) is 0 Å². The third-order valence-corrected chi connectivity index (χ3v) is 2.05. The summed E-state index contributed by atoms with van der Waals surface area (Å²) in [5.41, 5.74) is 0.305. The number of aryl methyl sites for hydroxylation is 1. The molecular formula is C10H7FN2O3. The van der Waals surface area contributed by atoms with Crippen LogP contribution in [0.1, 0.15) is 16.1 Å². The normalized spacial score (nSPS) is 10.4. The molecule has 5 nitrogen and oxygen atoms in total. The minimum atomic E-state index is -1.15. The van der Waals surface area contributed by atoms with Crippen molar-refractivity contribution in [1.29, 1.82) is 0 Å². The molecule has 0 aliphatic heterocycles. The second-order valence-corrected chi connectivity index (χ2v) is 3.13. The average molecular weight is 222 g/mol. The van der Waals surface area contributed by atoms with Gasteiger partial charge in [0.1, 0.15) is 22.8 Å². The highest BCUT2D eigenvalue weighted by molar-refractivity contribution is 5.95. The summed E-state index contributed by atoms with van der Waals surface area (Å²) in [5.74, 6) is -1.46. The number of nitrogens with zero attached hydrogens (tertiary/aromatic N) is 2. The zero-order valence-corrected chi connectivity index (χ0v) is 8.27. The van der Waals surface area contributed by atoms with Crippen LogP contribution in [0.25, 0.3) is 11.4 Å². The molecule has 0 aliphatic rings. The van der Waals surface area contributed by atoms with Crippen molar-refractivity contribution in [1.82, 2.24) is 10.1 Å². The standard InChI is InChI=1S/C10H7FN2O3/c1-5-8(10(14)15)9(13-16-5)7-3-2-6(11)4-12-7/h2-4H,1H3,(H,14,15). The first-order chi connectivity index (χ1) is 7.59. The fourth-order valence-corrected chi connectivity index (χ4v) is 1.31. The van der Waals surface area contributed by atoms with Crippen molar-refractivity contribution < 1.29 is 18.8 Å². The molecule has 0 unspecified atom stereocenters. The number of pyridine rings is 1. The zero-order chi connectivity index (χ0) is 11.7. The molecule has 0 spiro atoms. The molecule has 0 amide bonds. The SMILES string of the molecule is Cc1onc(-c2ccc(F)cn2)c1C(=O)O. The number of aromatic nitrogens is 2. The van der Waals surface area contributed by atoms with Gasteiger partial charge in [-0.3, -0.25) is 4.98 Å². The average Bonchev–Trinajstić information content (AvgIpc) is 2.61. The van der Waals surface area contributed by atoms with E-state index < -0.39 is 11.8 Å². The fraction of sp³-hybridized carbons (Fsp3) is 0.100. The molecule has 82 valence electrons. The topological polar surface area (TPSA) is 76.2 Å². The summed E-state index contributed by atoms with van der Waals surface area (Å²) in [6.07, 6.45) is 0.991. The number of carboxylic acid groups (broad SMARTS) is 1. The summed E-state index contributed by atoms with van der Waals surface area (Å²) >= 11 is 0. The minimum absolute atomic E-state index is 0.0564. The number of halogens is 1. The van der Waals surface area contributed by atoms with Gasteiger partial charge in [-0.1, -0.05) is 5.16 Å². The van der Waals surface area contributed by atoms with Crippen molar-refractivity contribution in [3.63, 3.8) is 0 Å². The van der Waals surface area contributed by atoms with E-state index >= 15 is 0 Å². The molecule has 0 saturated carbocycles. The van der Waals surface area contributed by atoms with Crippen molar-refractivity contribution in [3.8, 4) is 11.4 Å². The highest BCUT2D eigenvalue weighted by Crippen LogP contribution is 2.23. The lowest BCUT2D eigenvalue weighted by atomic mass is 10.1. The van der Waals surface area contributed by atoms with Crippen molar-refractivity contribution in [2.75, 3.05) is 0 Å². The van der Waals surface area contributed by atoms with Gasteiger partial charge < -0.3 is 9.63 Å². The van der Waals surface area contributed by atoms with Crippen LogP contribution in [0.5, 0.6) is 0 Å². The Morgan fingerprint density at radius 3 is 2.81 bits per heavy atom. The van der Waals surface area contributed by atoms with Gasteiger partial charge in [0, 0.05) is 0 Å². The molecular weight excluding hydrogens is 215 g/mol. The van der Waals surface area contributed by atoms with Gasteiger partial charge in [0.2, 0.25) is 0 Å². The van der Waals surface area contributed by atoms with Gasteiger partial charge in [0.05, 0.1) is 11.9 Å². The van der Waals surface area contributed by atoms with E-state index in [0.717, 1.165) is 6.20 Å². The molecule has 2 heterocycles. The van der Waals surface area contributed by atoms with Crippen LogP contribution in [0.3, 0.4) is 0 Å². The van der Waals surface area contributed by atoms with E-state index in [4.69, 9.17) is 9.63 Å². The maximum Gasteiger partial charge on any atom is 0.341 e. The van der Waals surface area contributed by atoms with Crippen molar-refractivity contribution in [3.05, 3.63) is 35.5 Å². The Labute approximate surface area is 89.5 Å². The minimum Gasteiger partial charge on any atom is -0.477 e. The van der Waals surface area contributed by atoms with Crippen molar-refractivity contribution in [2.45, 2.75) is 6.92 Å². The van der Waals surface area contributed by atoms with E-state index in [2.05, 4.69) is 10.1 Å². The van der Waals surface area contributed by atoms with E-state index in [0.29, 0.717) is 0 Å². The second kappa shape index (κ2) is 3.73. The van der Waals surface area contributed by atoms with Gasteiger partial charge in [-0.25, -0.2) is 9.18 Å². The van der Waals surface area contributed by atoms with Crippen LogP contribution in [0.4, 0.5) is 4.39 Å². The Kier molecular flexibility index (Phi) is 2.40. The van der Waals surface area contributed by atoms with E-state index in [9.17, 15) is 9.18 Å². The van der Waals surface area contributed by atoms with Gasteiger partial charge >= 0.3 is 5.97 Å². The van der Waals surface area contributed by atoms with Gasteiger partial charge in [-0.2, -0.15) is 0 Å². The number of carboxylic acids is 1. The third kappa shape index (κ3) is 1.65. The van der Waals surface area contributed by atoms with Crippen LogP contribution < -0.4 is 0 Å². The number of carbonyl (C=O) groups is 1. The summed E-state index contributed by atoms with van der Waals surface area (Å²) in [6, 6.07) is 2.52. The van der Waals surface area contributed by atoms with Gasteiger partial charge in [-0.05, 0) is 19.1 Å². The summed E-state index contributed by atoms with van der Waals surface area (Å²) in [6.45, 7) is 1.49. The van der Waals surface area contributed by atoms with Gasteiger partial charge in [-0.15, -0.1) is 0 Å². The molecule has 0 atom stereocenters. The molecule has 0 saturated heterocycles. The van der Waals surface area contributed by atoms with Crippen LogP contribution in [-0.4, -0.2) is 21.2 Å².